The Morgan fingerprint density at radius 2 is 1.85 bits per heavy atom. The molecule has 0 saturated heterocycles. The first-order valence-electron chi connectivity index (χ1n) is 8.93. The molecule has 0 amide bonds. The maximum absolute atomic E-state index is 11.6. The van der Waals surface area contributed by atoms with Crippen molar-refractivity contribution in [3.8, 4) is 11.4 Å². The summed E-state index contributed by atoms with van der Waals surface area (Å²) in [6.45, 7) is 4.63. The Bertz CT molecular complexity index is 946. The fraction of sp³-hybridized carbons (Fsp3) is 0.286. The molecule has 140 valence electrons. The molecule has 0 spiro atoms. The molecule has 6 nitrogen and oxygen atoms in total. The van der Waals surface area contributed by atoms with E-state index in [-0.39, 0.29) is 11.6 Å². The SMILES string of the molecule is Cc1ccc(C(CNc2ccc(-c3nc(C)cc(=O)[nH]3)cn2)N(C)C)cc1. The molecule has 3 rings (SSSR count). The highest BCUT2D eigenvalue weighted by molar-refractivity contribution is 5.55. The van der Waals surface area contributed by atoms with Crippen LogP contribution in [0.1, 0.15) is 22.9 Å². The number of aromatic nitrogens is 3. The van der Waals surface area contributed by atoms with Crippen LogP contribution in [0.15, 0.2) is 53.5 Å². The lowest BCUT2D eigenvalue weighted by Gasteiger charge is -2.25. The Balaban J connectivity index is 1.71. The van der Waals surface area contributed by atoms with Crippen LogP contribution in [0.3, 0.4) is 0 Å². The molecule has 27 heavy (non-hydrogen) atoms. The molecular weight excluding hydrogens is 338 g/mol. The quantitative estimate of drug-likeness (QED) is 0.704. The summed E-state index contributed by atoms with van der Waals surface area (Å²) < 4.78 is 0. The second kappa shape index (κ2) is 8.14. The zero-order valence-corrected chi connectivity index (χ0v) is 16.2. The van der Waals surface area contributed by atoms with Gasteiger partial charge in [0, 0.05) is 30.1 Å². The van der Waals surface area contributed by atoms with Gasteiger partial charge in [0.05, 0.1) is 6.04 Å². The summed E-state index contributed by atoms with van der Waals surface area (Å²) in [5, 5.41) is 3.40. The molecule has 2 heterocycles. The average Bonchev–Trinajstić information content (AvgIpc) is 2.63. The lowest BCUT2D eigenvalue weighted by atomic mass is 10.0. The number of hydrogen-bond donors (Lipinski definition) is 2. The molecule has 0 fully saturated rings. The lowest BCUT2D eigenvalue weighted by molar-refractivity contribution is 0.311. The number of benzene rings is 1. The Labute approximate surface area is 159 Å². The van der Waals surface area contributed by atoms with Crippen molar-refractivity contribution in [2.75, 3.05) is 26.0 Å². The fourth-order valence-electron chi connectivity index (χ4n) is 2.94. The van der Waals surface area contributed by atoms with Crippen molar-refractivity contribution in [2.45, 2.75) is 19.9 Å². The highest BCUT2D eigenvalue weighted by Crippen LogP contribution is 2.20. The van der Waals surface area contributed by atoms with Gasteiger partial charge < -0.3 is 15.2 Å². The molecule has 2 N–H and O–H groups in total. The van der Waals surface area contributed by atoms with Gasteiger partial charge in [-0.3, -0.25) is 4.79 Å². The average molecular weight is 363 g/mol. The normalized spacial score (nSPS) is 12.2. The minimum atomic E-state index is -0.161. The van der Waals surface area contributed by atoms with E-state index in [9.17, 15) is 4.79 Å². The van der Waals surface area contributed by atoms with Crippen molar-refractivity contribution >= 4 is 5.82 Å². The van der Waals surface area contributed by atoms with E-state index in [1.54, 1.807) is 13.1 Å². The van der Waals surface area contributed by atoms with Gasteiger partial charge in [-0.2, -0.15) is 0 Å². The number of likely N-dealkylation sites (N-methyl/N-ethyl adjacent to an activating group) is 1. The minimum Gasteiger partial charge on any atom is -0.368 e. The van der Waals surface area contributed by atoms with Crippen LogP contribution in [0.25, 0.3) is 11.4 Å². The molecule has 0 radical (unpaired) electrons. The van der Waals surface area contributed by atoms with E-state index < -0.39 is 0 Å². The van der Waals surface area contributed by atoms with Gasteiger partial charge in [-0.15, -0.1) is 0 Å². The first kappa shape index (κ1) is 18.8. The lowest BCUT2D eigenvalue weighted by Crippen LogP contribution is -2.27. The highest BCUT2D eigenvalue weighted by Gasteiger charge is 2.14. The topological polar surface area (TPSA) is 73.9 Å². The molecule has 3 aromatic rings. The summed E-state index contributed by atoms with van der Waals surface area (Å²) in [5.41, 5.74) is 3.82. The molecule has 1 unspecified atom stereocenters. The zero-order chi connectivity index (χ0) is 19.4. The zero-order valence-electron chi connectivity index (χ0n) is 16.2. The number of hydrogen-bond acceptors (Lipinski definition) is 5. The molecule has 6 heteroatoms. The number of nitrogens with zero attached hydrogens (tertiary/aromatic N) is 3. The van der Waals surface area contributed by atoms with E-state index in [1.165, 1.54) is 17.2 Å². The smallest absolute Gasteiger partial charge is 0.251 e. The molecule has 1 aromatic carbocycles. The van der Waals surface area contributed by atoms with Crippen LogP contribution >= 0.6 is 0 Å². The van der Waals surface area contributed by atoms with Gasteiger partial charge in [-0.05, 0) is 45.6 Å². The third-order valence-electron chi connectivity index (χ3n) is 4.47. The standard InChI is InChI=1S/C21H25N5O/c1-14-5-7-16(8-6-14)18(26(3)4)13-23-19-10-9-17(12-22-19)21-24-15(2)11-20(27)25-21/h5-12,18H,13H2,1-4H3,(H,22,23)(H,24,25,27). The molecule has 0 aliphatic rings. The van der Waals surface area contributed by atoms with Crippen molar-refractivity contribution in [2.24, 2.45) is 0 Å². The van der Waals surface area contributed by atoms with Gasteiger partial charge in [-0.25, -0.2) is 9.97 Å². The second-order valence-electron chi connectivity index (χ2n) is 6.94. The van der Waals surface area contributed by atoms with Crippen LogP contribution in [0.5, 0.6) is 0 Å². The van der Waals surface area contributed by atoms with Crippen molar-refractivity contribution in [3.05, 3.63) is 75.8 Å². The van der Waals surface area contributed by atoms with Gasteiger partial charge in [0.1, 0.15) is 11.6 Å². The van der Waals surface area contributed by atoms with E-state index in [0.717, 1.165) is 17.9 Å². The Morgan fingerprint density at radius 3 is 2.44 bits per heavy atom. The summed E-state index contributed by atoms with van der Waals surface area (Å²) >= 11 is 0. The van der Waals surface area contributed by atoms with Crippen LogP contribution < -0.4 is 10.9 Å². The van der Waals surface area contributed by atoms with Crippen molar-refractivity contribution in [3.63, 3.8) is 0 Å². The number of anilines is 1. The molecule has 1 atom stereocenters. The van der Waals surface area contributed by atoms with Gasteiger partial charge in [0.2, 0.25) is 0 Å². The summed E-state index contributed by atoms with van der Waals surface area (Å²) in [6, 6.07) is 14.1. The van der Waals surface area contributed by atoms with Crippen molar-refractivity contribution < 1.29 is 0 Å². The number of aromatic amines is 1. The summed E-state index contributed by atoms with van der Waals surface area (Å²) in [6.07, 6.45) is 1.72. The van der Waals surface area contributed by atoms with E-state index in [4.69, 9.17) is 0 Å². The monoisotopic (exact) mass is 363 g/mol. The number of nitrogens with one attached hydrogen (secondary N) is 2. The molecule has 2 aromatic heterocycles. The van der Waals surface area contributed by atoms with E-state index in [1.807, 2.05) is 12.1 Å². The Morgan fingerprint density at radius 1 is 1.11 bits per heavy atom. The van der Waals surface area contributed by atoms with Crippen molar-refractivity contribution in [1.29, 1.82) is 0 Å². The second-order valence-corrected chi connectivity index (χ2v) is 6.94. The predicted octanol–water partition coefficient (Wildman–Crippen LogP) is 3.16. The predicted molar refractivity (Wildman–Crippen MR) is 109 cm³/mol. The molecule has 0 aliphatic carbocycles. The first-order valence-corrected chi connectivity index (χ1v) is 8.93. The number of rotatable bonds is 6. The largest absolute Gasteiger partial charge is 0.368 e. The number of H-pyrrole nitrogens is 1. The van der Waals surface area contributed by atoms with Crippen LogP contribution in [-0.4, -0.2) is 40.5 Å². The molecule has 0 aliphatic heterocycles. The summed E-state index contributed by atoms with van der Waals surface area (Å²) in [5.74, 6) is 1.32. The molecule has 0 saturated carbocycles. The van der Waals surface area contributed by atoms with Crippen LogP contribution in [0.4, 0.5) is 5.82 Å². The maximum Gasteiger partial charge on any atom is 0.251 e. The third kappa shape index (κ3) is 4.80. The van der Waals surface area contributed by atoms with Crippen molar-refractivity contribution in [1.82, 2.24) is 19.9 Å². The maximum atomic E-state index is 11.6. The highest BCUT2D eigenvalue weighted by atomic mass is 16.1. The fourth-order valence-corrected chi connectivity index (χ4v) is 2.94. The third-order valence-corrected chi connectivity index (χ3v) is 4.47. The van der Waals surface area contributed by atoms with Gasteiger partial charge >= 0.3 is 0 Å². The van der Waals surface area contributed by atoms with E-state index >= 15 is 0 Å². The van der Waals surface area contributed by atoms with E-state index in [0.29, 0.717) is 11.5 Å². The van der Waals surface area contributed by atoms with Gasteiger partial charge in [-0.1, -0.05) is 29.8 Å². The first-order chi connectivity index (χ1) is 12.9. The van der Waals surface area contributed by atoms with Crippen LogP contribution in [0, 0.1) is 13.8 Å². The van der Waals surface area contributed by atoms with E-state index in [2.05, 4.69) is 70.5 Å². The van der Waals surface area contributed by atoms with Gasteiger partial charge in [0.15, 0.2) is 0 Å². The minimum absolute atomic E-state index is 0.161. The number of aryl methyl sites for hydroxylation is 2. The summed E-state index contributed by atoms with van der Waals surface area (Å²) in [4.78, 5) is 25.4. The Hall–Kier alpha value is -2.99. The Kier molecular flexibility index (Phi) is 5.66. The molecule has 0 bridgehead atoms. The number of pyridine rings is 1. The van der Waals surface area contributed by atoms with Crippen LogP contribution in [-0.2, 0) is 0 Å². The molecular formula is C21H25N5O. The van der Waals surface area contributed by atoms with Gasteiger partial charge in [0.25, 0.3) is 5.56 Å². The van der Waals surface area contributed by atoms with Crippen LogP contribution in [0.2, 0.25) is 0 Å². The summed E-state index contributed by atoms with van der Waals surface area (Å²) in [7, 11) is 4.14.